The van der Waals surface area contributed by atoms with E-state index in [4.69, 9.17) is 37.0 Å². The first-order chi connectivity index (χ1) is 44.9. The topological polar surface area (TPSA) is 237 Å². The average molecular weight is 1370 g/mol. The van der Waals surface area contributed by atoms with Crippen molar-refractivity contribution in [1.29, 1.82) is 0 Å². The molecule has 0 aliphatic rings. The van der Waals surface area contributed by atoms with E-state index in [2.05, 4.69) is 41.5 Å². The minimum absolute atomic E-state index is 0.106. The molecule has 0 saturated carbocycles. The molecular formula is C74H144O17P2. The van der Waals surface area contributed by atoms with Crippen LogP contribution in [0.15, 0.2) is 0 Å². The first-order valence-electron chi connectivity index (χ1n) is 38.5. The smallest absolute Gasteiger partial charge is 0.462 e. The average Bonchev–Trinajstić information content (AvgIpc) is 3.41. The first-order valence-corrected chi connectivity index (χ1v) is 41.5. The van der Waals surface area contributed by atoms with E-state index in [0.29, 0.717) is 25.7 Å². The molecule has 552 valence electrons. The highest BCUT2D eigenvalue weighted by molar-refractivity contribution is 7.47. The molecule has 5 atom stereocenters. The van der Waals surface area contributed by atoms with Crippen LogP contribution in [0, 0.1) is 11.8 Å². The van der Waals surface area contributed by atoms with Crippen molar-refractivity contribution in [3.05, 3.63) is 0 Å². The van der Waals surface area contributed by atoms with Gasteiger partial charge >= 0.3 is 39.5 Å². The van der Waals surface area contributed by atoms with E-state index in [1.54, 1.807) is 0 Å². The summed E-state index contributed by atoms with van der Waals surface area (Å²) >= 11 is 0. The number of aliphatic hydroxyl groups excluding tert-OH is 1. The lowest BCUT2D eigenvalue weighted by atomic mass is 10.0. The lowest BCUT2D eigenvalue weighted by molar-refractivity contribution is -0.161. The molecule has 19 heteroatoms. The van der Waals surface area contributed by atoms with Crippen LogP contribution in [0.4, 0.5) is 0 Å². The second kappa shape index (κ2) is 66.0. The van der Waals surface area contributed by atoms with Crippen molar-refractivity contribution in [3.8, 4) is 0 Å². The molecule has 0 rings (SSSR count). The molecule has 0 radical (unpaired) electrons. The van der Waals surface area contributed by atoms with Crippen LogP contribution in [-0.4, -0.2) is 96.7 Å². The maximum absolute atomic E-state index is 13.1. The van der Waals surface area contributed by atoms with Gasteiger partial charge in [0.05, 0.1) is 26.4 Å². The number of carbonyl (C=O) groups excluding carboxylic acids is 4. The standard InChI is InChI=1S/C74H144O17P2/c1-7-9-11-13-14-15-16-17-18-19-23-29-34-39-45-51-57-72(77)85-63-70(91-74(79)59-52-46-40-35-30-24-21-20-22-27-32-37-43-48-54-66(3)4)65-89-93(82,83)87-61-68(75)60-86-92(80,81)88-64-69(62-84-71(76)56-50-42-12-10-8-2)90-73(78)58-53-47-41-36-31-26-25-28-33-38-44-49-55-67(5)6/h66-70,75H,7-65H2,1-6H3,(H,80,81)(H,82,83)/t68-,69+,70+/m0/s1. The lowest BCUT2D eigenvalue weighted by Gasteiger charge is -2.21. The molecule has 2 unspecified atom stereocenters. The number of aliphatic hydroxyl groups is 1. The Hall–Kier alpha value is -1.94. The van der Waals surface area contributed by atoms with E-state index in [9.17, 15) is 43.2 Å². The third kappa shape index (κ3) is 68.4. The van der Waals surface area contributed by atoms with Crippen LogP contribution in [-0.2, 0) is 65.4 Å². The fourth-order valence-corrected chi connectivity index (χ4v) is 12.9. The number of rotatable bonds is 73. The molecule has 0 amide bonds. The Morgan fingerprint density at radius 3 is 0.731 bits per heavy atom. The van der Waals surface area contributed by atoms with E-state index in [1.165, 1.54) is 193 Å². The largest absolute Gasteiger partial charge is 0.472 e. The van der Waals surface area contributed by atoms with E-state index in [0.717, 1.165) is 108 Å². The summed E-state index contributed by atoms with van der Waals surface area (Å²) in [7, 11) is -9.90. The number of phosphoric acid groups is 2. The quantitative estimate of drug-likeness (QED) is 0.0222. The summed E-state index contributed by atoms with van der Waals surface area (Å²) in [5.74, 6) is -0.556. The van der Waals surface area contributed by atoms with Gasteiger partial charge < -0.3 is 33.8 Å². The number of ether oxygens (including phenoxy) is 4. The Morgan fingerprint density at radius 1 is 0.290 bits per heavy atom. The monoisotopic (exact) mass is 1370 g/mol. The molecule has 0 aromatic heterocycles. The van der Waals surface area contributed by atoms with Gasteiger partial charge in [0.25, 0.3) is 0 Å². The SMILES string of the molecule is CCCCCCCCCCCCCCCCCCC(=O)OC[C@H](COP(=O)(O)OC[C@@H](O)COP(=O)(O)OC[C@@H](COC(=O)CCCCCCC)OC(=O)CCCCCCCCCCCCCCC(C)C)OC(=O)CCCCCCCCCCCCCCCCC(C)C. The van der Waals surface area contributed by atoms with Gasteiger partial charge in [-0.1, -0.05) is 330 Å². The van der Waals surface area contributed by atoms with Gasteiger partial charge in [0.15, 0.2) is 12.2 Å². The van der Waals surface area contributed by atoms with Crippen LogP contribution in [0.25, 0.3) is 0 Å². The molecule has 93 heavy (non-hydrogen) atoms. The summed E-state index contributed by atoms with van der Waals surface area (Å²) in [6.45, 7) is 9.53. The predicted octanol–water partition coefficient (Wildman–Crippen LogP) is 21.6. The molecular weight excluding hydrogens is 1220 g/mol. The maximum atomic E-state index is 13.1. The van der Waals surface area contributed by atoms with Crippen molar-refractivity contribution in [2.45, 2.75) is 400 Å². The number of carbonyl (C=O) groups is 4. The van der Waals surface area contributed by atoms with Crippen LogP contribution < -0.4 is 0 Å². The van der Waals surface area contributed by atoms with Crippen LogP contribution in [0.2, 0.25) is 0 Å². The summed E-state index contributed by atoms with van der Waals surface area (Å²) in [5.41, 5.74) is 0. The molecule has 0 saturated heterocycles. The maximum Gasteiger partial charge on any atom is 0.472 e. The molecule has 0 fully saturated rings. The highest BCUT2D eigenvalue weighted by Crippen LogP contribution is 2.45. The van der Waals surface area contributed by atoms with E-state index in [1.807, 2.05) is 0 Å². The van der Waals surface area contributed by atoms with Crippen LogP contribution in [0.1, 0.15) is 382 Å². The fraction of sp³-hybridized carbons (Fsp3) is 0.946. The molecule has 0 aromatic carbocycles. The Labute approximate surface area is 568 Å². The molecule has 0 aromatic rings. The predicted molar refractivity (Wildman–Crippen MR) is 377 cm³/mol. The van der Waals surface area contributed by atoms with Crippen molar-refractivity contribution < 1.29 is 80.2 Å². The van der Waals surface area contributed by atoms with Crippen LogP contribution >= 0.6 is 15.6 Å². The second-order valence-corrected chi connectivity index (χ2v) is 30.5. The summed E-state index contributed by atoms with van der Waals surface area (Å²) in [4.78, 5) is 72.5. The zero-order chi connectivity index (χ0) is 68.6. The van der Waals surface area contributed by atoms with E-state index < -0.39 is 97.5 Å². The summed E-state index contributed by atoms with van der Waals surface area (Å²) < 4.78 is 68.3. The Balaban J connectivity index is 5.15. The molecule has 0 heterocycles. The lowest BCUT2D eigenvalue weighted by Crippen LogP contribution is -2.30. The van der Waals surface area contributed by atoms with Gasteiger partial charge in [-0.05, 0) is 37.5 Å². The first kappa shape index (κ1) is 91.1. The molecule has 17 nitrogen and oxygen atoms in total. The van der Waals surface area contributed by atoms with Crippen molar-refractivity contribution >= 4 is 39.5 Å². The zero-order valence-corrected chi connectivity index (χ0v) is 62.3. The van der Waals surface area contributed by atoms with Gasteiger partial charge in [-0.3, -0.25) is 37.3 Å². The molecule has 0 aliphatic heterocycles. The number of esters is 4. The minimum Gasteiger partial charge on any atom is -0.462 e. The number of hydrogen-bond donors (Lipinski definition) is 3. The number of unbranched alkanes of at least 4 members (excludes halogenated alkanes) is 43. The van der Waals surface area contributed by atoms with Gasteiger partial charge in [-0.25, -0.2) is 9.13 Å². The van der Waals surface area contributed by atoms with Crippen LogP contribution in [0.5, 0.6) is 0 Å². The Bertz CT molecular complexity index is 1800. The minimum atomic E-state index is -4.95. The fourth-order valence-electron chi connectivity index (χ4n) is 11.3. The third-order valence-corrected chi connectivity index (χ3v) is 19.1. The number of hydrogen-bond acceptors (Lipinski definition) is 15. The highest BCUT2D eigenvalue weighted by atomic mass is 31.2. The zero-order valence-electron chi connectivity index (χ0n) is 60.6. The normalized spacial score (nSPS) is 14.1. The van der Waals surface area contributed by atoms with Gasteiger partial charge in [-0.15, -0.1) is 0 Å². The van der Waals surface area contributed by atoms with Crippen molar-refractivity contribution in [1.82, 2.24) is 0 Å². The Morgan fingerprint density at radius 2 is 0.495 bits per heavy atom. The van der Waals surface area contributed by atoms with Crippen molar-refractivity contribution in [2.75, 3.05) is 39.6 Å². The molecule has 0 spiro atoms. The van der Waals surface area contributed by atoms with E-state index in [-0.39, 0.29) is 25.7 Å². The van der Waals surface area contributed by atoms with Crippen LogP contribution in [0.3, 0.4) is 0 Å². The molecule has 3 N–H and O–H groups in total. The molecule has 0 bridgehead atoms. The third-order valence-electron chi connectivity index (χ3n) is 17.2. The van der Waals surface area contributed by atoms with E-state index >= 15 is 0 Å². The highest BCUT2D eigenvalue weighted by Gasteiger charge is 2.30. The molecule has 0 aliphatic carbocycles. The van der Waals surface area contributed by atoms with Gasteiger partial charge in [-0.2, -0.15) is 0 Å². The van der Waals surface area contributed by atoms with Gasteiger partial charge in [0.2, 0.25) is 0 Å². The van der Waals surface area contributed by atoms with Gasteiger partial charge in [0, 0.05) is 25.7 Å². The van der Waals surface area contributed by atoms with Crippen molar-refractivity contribution in [2.24, 2.45) is 11.8 Å². The second-order valence-electron chi connectivity index (χ2n) is 27.6. The summed E-state index contributed by atoms with van der Waals surface area (Å²) in [6, 6.07) is 0. The Kier molecular flexibility index (Phi) is 64.6. The van der Waals surface area contributed by atoms with Crippen molar-refractivity contribution in [3.63, 3.8) is 0 Å². The van der Waals surface area contributed by atoms with Gasteiger partial charge in [0.1, 0.15) is 19.3 Å². The summed E-state index contributed by atoms with van der Waals surface area (Å²) in [5, 5.41) is 10.6. The number of phosphoric ester groups is 2. The summed E-state index contributed by atoms with van der Waals surface area (Å²) in [6.07, 6.45) is 53.1.